The average Bonchev–Trinajstić information content (AvgIpc) is 3.17. The fourth-order valence-electron chi connectivity index (χ4n) is 2.75. The van der Waals surface area contributed by atoms with Crippen molar-refractivity contribution in [1.29, 1.82) is 0 Å². The molecule has 0 bridgehead atoms. The first-order valence-electron chi connectivity index (χ1n) is 9.10. The van der Waals surface area contributed by atoms with Crippen LogP contribution in [0.1, 0.15) is 31.1 Å². The molecule has 0 aliphatic carbocycles. The zero-order valence-corrected chi connectivity index (χ0v) is 18.7. The van der Waals surface area contributed by atoms with Crippen molar-refractivity contribution in [3.05, 3.63) is 81.5 Å². The number of hydrogen-bond acceptors (Lipinski definition) is 4. The Kier molecular flexibility index (Phi) is 7.12. The van der Waals surface area contributed by atoms with Crippen LogP contribution >= 0.6 is 27.3 Å². The molecule has 0 aliphatic rings. The predicted octanol–water partition coefficient (Wildman–Crippen LogP) is 5.62. The summed E-state index contributed by atoms with van der Waals surface area (Å²) in [6, 6.07) is 13.6. The Bertz CT molecular complexity index is 1080. The van der Waals surface area contributed by atoms with Crippen molar-refractivity contribution in [3.63, 3.8) is 0 Å². The Balaban J connectivity index is 1.70. The van der Waals surface area contributed by atoms with Crippen LogP contribution in [0.15, 0.2) is 64.5 Å². The summed E-state index contributed by atoms with van der Waals surface area (Å²) in [6.45, 7) is 3.25. The largest absolute Gasteiger partial charge is 0.346 e. The summed E-state index contributed by atoms with van der Waals surface area (Å²) in [5.74, 6) is -1.13. The summed E-state index contributed by atoms with van der Waals surface area (Å²) in [5, 5.41) is 4.92. The van der Waals surface area contributed by atoms with Gasteiger partial charge in [0.15, 0.2) is 5.13 Å². The highest BCUT2D eigenvalue weighted by Crippen LogP contribution is 2.31. The van der Waals surface area contributed by atoms with E-state index in [1.807, 2.05) is 31.2 Å². The van der Waals surface area contributed by atoms with Crippen LogP contribution in [0.5, 0.6) is 0 Å². The number of aromatic nitrogens is 1. The van der Waals surface area contributed by atoms with Crippen LogP contribution in [0.4, 0.5) is 15.2 Å². The number of carbonyl (C=O) groups excluding carboxylic acids is 2. The molecule has 3 aromatic rings. The average molecular weight is 488 g/mol. The van der Waals surface area contributed by atoms with Gasteiger partial charge in [0.2, 0.25) is 11.8 Å². The first-order chi connectivity index (χ1) is 14.3. The lowest BCUT2D eigenvalue weighted by atomic mass is 10.1. The van der Waals surface area contributed by atoms with Gasteiger partial charge in [0.25, 0.3) is 0 Å². The van der Waals surface area contributed by atoms with Crippen molar-refractivity contribution in [2.24, 2.45) is 0 Å². The van der Waals surface area contributed by atoms with Gasteiger partial charge in [-0.3, -0.25) is 14.5 Å². The summed E-state index contributed by atoms with van der Waals surface area (Å²) in [5.41, 5.74) is 1.62. The molecule has 0 radical (unpaired) electrons. The van der Waals surface area contributed by atoms with E-state index in [4.69, 9.17) is 0 Å². The van der Waals surface area contributed by atoms with Gasteiger partial charge in [0.1, 0.15) is 5.82 Å². The standard InChI is InChI=1S/C22H19BrFN3O2S/c1-14(16-7-9-17(23)10-8-16)25-21(29)12-11-18-13-30-22(26-18)27(15(2)28)20-6-4-3-5-19(20)24/h3-14H,1-2H3,(H,25,29)/b12-11+. The molecule has 1 heterocycles. The first-order valence-corrected chi connectivity index (χ1v) is 10.8. The number of anilines is 2. The van der Waals surface area contributed by atoms with Crippen molar-refractivity contribution in [2.45, 2.75) is 19.9 Å². The minimum atomic E-state index is -0.513. The zero-order chi connectivity index (χ0) is 21.7. The highest BCUT2D eigenvalue weighted by Gasteiger charge is 2.20. The third-order valence-corrected chi connectivity index (χ3v) is 5.62. The molecular weight excluding hydrogens is 469 g/mol. The second kappa shape index (κ2) is 9.77. The number of amides is 2. The monoisotopic (exact) mass is 487 g/mol. The van der Waals surface area contributed by atoms with E-state index < -0.39 is 5.82 Å². The Hall–Kier alpha value is -2.84. The molecule has 3 rings (SSSR count). The van der Waals surface area contributed by atoms with E-state index in [9.17, 15) is 14.0 Å². The summed E-state index contributed by atoms with van der Waals surface area (Å²) in [7, 11) is 0. The zero-order valence-electron chi connectivity index (χ0n) is 16.3. The second-order valence-electron chi connectivity index (χ2n) is 6.48. The molecule has 1 unspecified atom stereocenters. The number of thiazole rings is 1. The second-order valence-corrected chi connectivity index (χ2v) is 8.23. The maximum Gasteiger partial charge on any atom is 0.244 e. The van der Waals surface area contributed by atoms with Gasteiger partial charge in [-0.25, -0.2) is 9.37 Å². The maximum atomic E-state index is 14.1. The van der Waals surface area contributed by atoms with Gasteiger partial charge in [0.05, 0.1) is 17.4 Å². The Labute approximate surface area is 186 Å². The van der Waals surface area contributed by atoms with E-state index in [-0.39, 0.29) is 23.5 Å². The maximum absolute atomic E-state index is 14.1. The van der Waals surface area contributed by atoms with E-state index >= 15 is 0 Å². The van der Waals surface area contributed by atoms with Crippen molar-refractivity contribution in [3.8, 4) is 0 Å². The van der Waals surface area contributed by atoms with E-state index in [1.165, 1.54) is 41.4 Å². The minimum absolute atomic E-state index is 0.135. The normalized spacial score (nSPS) is 12.0. The first kappa shape index (κ1) is 21.9. The molecule has 8 heteroatoms. The molecule has 30 heavy (non-hydrogen) atoms. The number of nitrogens with one attached hydrogen (secondary N) is 1. The van der Waals surface area contributed by atoms with E-state index in [0.29, 0.717) is 10.8 Å². The molecule has 5 nitrogen and oxygen atoms in total. The molecule has 1 aromatic heterocycles. The summed E-state index contributed by atoms with van der Waals surface area (Å²) in [4.78, 5) is 29.9. The number of carbonyl (C=O) groups is 2. The van der Waals surface area contributed by atoms with Crippen molar-refractivity contribution < 1.29 is 14.0 Å². The highest BCUT2D eigenvalue weighted by atomic mass is 79.9. The lowest BCUT2D eigenvalue weighted by molar-refractivity contribution is -0.117. The van der Waals surface area contributed by atoms with Crippen LogP contribution in [0.3, 0.4) is 0 Å². The van der Waals surface area contributed by atoms with Gasteiger partial charge >= 0.3 is 0 Å². The van der Waals surface area contributed by atoms with Crippen molar-refractivity contribution >= 4 is 56.0 Å². The summed E-state index contributed by atoms with van der Waals surface area (Å²) >= 11 is 4.58. The molecule has 0 aliphatic heterocycles. The molecule has 1 N–H and O–H groups in total. The topological polar surface area (TPSA) is 62.3 Å². The molecule has 0 saturated carbocycles. The molecule has 1 atom stereocenters. The Morgan fingerprint density at radius 2 is 1.90 bits per heavy atom. The number of halogens is 2. The molecule has 0 spiro atoms. The molecule has 2 aromatic carbocycles. The Morgan fingerprint density at radius 1 is 1.20 bits per heavy atom. The number of nitrogens with zero attached hydrogens (tertiary/aromatic N) is 2. The molecular formula is C22H19BrFN3O2S. The van der Waals surface area contributed by atoms with Gasteiger partial charge < -0.3 is 5.32 Å². The highest BCUT2D eigenvalue weighted by molar-refractivity contribution is 9.10. The molecule has 154 valence electrons. The van der Waals surface area contributed by atoms with Gasteiger partial charge in [-0.1, -0.05) is 40.2 Å². The lowest BCUT2D eigenvalue weighted by Gasteiger charge is -2.18. The molecule has 0 saturated heterocycles. The fourth-order valence-corrected chi connectivity index (χ4v) is 3.87. The van der Waals surface area contributed by atoms with Crippen molar-refractivity contribution in [1.82, 2.24) is 10.3 Å². The predicted molar refractivity (Wildman–Crippen MR) is 121 cm³/mol. The van der Waals surface area contributed by atoms with Gasteiger partial charge in [0, 0.05) is 22.9 Å². The minimum Gasteiger partial charge on any atom is -0.346 e. The summed E-state index contributed by atoms with van der Waals surface area (Å²) < 4.78 is 15.1. The van der Waals surface area contributed by atoms with Gasteiger partial charge in [-0.15, -0.1) is 11.3 Å². The van der Waals surface area contributed by atoms with Crippen LogP contribution in [-0.2, 0) is 9.59 Å². The SMILES string of the molecule is CC(=O)N(c1nc(/C=C/C(=O)NC(C)c2ccc(Br)cc2)cs1)c1ccccc1F. The van der Waals surface area contributed by atoms with Crippen LogP contribution in [0, 0.1) is 5.82 Å². The van der Waals surface area contributed by atoms with Crippen LogP contribution in [0.2, 0.25) is 0 Å². The lowest BCUT2D eigenvalue weighted by Crippen LogP contribution is -2.24. The number of benzene rings is 2. The van der Waals surface area contributed by atoms with E-state index in [0.717, 1.165) is 10.0 Å². The van der Waals surface area contributed by atoms with Crippen LogP contribution < -0.4 is 10.2 Å². The van der Waals surface area contributed by atoms with Gasteiger partial charge in [-0.05, 0) is 42.8 Å². The van der Waals surface area contributed by atoms with E-state index in [2.05, 4.69) is 26.2 Å². The Morgan fingerprint density at radius 3 is 2.57 bits per heavy atom. The number of hydrogen-bond donors (Lipinski definition) is 1. The van der Waals surface area contributed by atoms with E-state index in [1.54, 1.807) is 23.6 Å². The molecule has 0 fully saturated rings. The quantitative estimate of drug-likeness (QED) is 0.459. The number of rotatable bonds is 6. The van der Waals surface area contributed by atoms with Gasteiger partial charge in [-0.2, -0.15) is 0 Å². The third-order valence-electron chi connectivity index (χ3n) is 4.24. The van der Waals surface area contributed by atoms with Crippen LogP contribution in [0.25, 0.3) is 6.08 Å². The molecule has 2 amide bonds. The fraction of sp³-hybridized carbons (Fsp3) is 0.136. The van der Waals surface area contributed by atoms with Crippen molar-refractivity contribution in [2.75, 3.05) is 4.90 Å². The smallest absolute Gasteiger partial charge is 0.244 e. The third kappa shape index (κ3) is 5.40. The number of para-hydroxylation sites is 1. The van der Waals surface area contributed by atoms with Crippen LogP contribution in [-0.4, -0.2) is 16.8 Å². The summed E-state index contributed by atoms with van der Waals surface area (Å²) in [6.07, 6.45) is 2.94.